The van der Waals surface area contributed by atoms with Gasteiger partial charge in [0.15, 0.2) is 0 Å². The van der Waals surface area contributed by atoms with Crippen molar-refractivity contribution in [3.05, 3.63) is 30.5 Å². The molecule has 1 saturated heterocycles. The van der Waals surface area contributed by atoms with Crippen LogP contribution in [0.1, 0.15) is 19.8 Å². The van der Waals surface area contributed by atoms with E-state index in [0.717, 1.165) is 37.2 Å². The molecule has 3 rings (SSSR count). The van der Waals surface area contributed by atoms with E-state index in [0.29, 0.717) is 0 Å². The molecule has 2 aromatic rings. The Bertz CT molecular complexity index is 512. The zero-order valence-electron chi connectivity index (χ0n) is 10.1. The van der Waals surface area contributed by atoms with Gasteiger partial charge in [-0.2, -0.15) is 0 Å². The quantitative estimate of drug-likeness (QED) is 0.832. The highest BCUT2D eigenvalue weighted by molar-refractivity contribution is 5.85. The lowest BCUT2D eigenvalue weighted by Crippen LogP contribution is -2.43. The summed E-state index contributed by atoms with van der Waals surface area (Å²) in [7, 11) is 0. The number of nitrogens with one attached hydrogen (secondary N) is 2. The Morgan fingerprint density at radius 3 is 2.76 bits per heavy atom. The number of ether oxygens (including phenoxy) is 1. The Kier molecular flexibility index (Phi) is 2.56. The van der Waals surface area contributed by atoms with Crippen LogP contribution < -0.4 is 10.1 Å². The second-order valence-electron chi connectivity index (χ2n) is 5.00. The number of para-hydroxylation sites is 1. The van der Waals surface area contributed by atoms with Crippen molar-refractivity contribution in [3.8, 4) is 5.75 Å². The fourth-order valence-electron chi connectivity index (χ4n) is 2.45. The molecule has 1 aromatic carbocycles. The molecule has 2 N–H and O–H groups in total. The maximum absolute atomic E-state index is 6.22. The van der Waals surface area contributed by atoms with Crippen molar-refractivity contribution in [2.24, 2.45) is 0 Å². The Hall–Kier alpha value is -1.48. The van der Waals surface area contributed by atoms with Crippen LogP contribution in [-0.2, 0) is 0 Å². The molecule has 0 bridgehead atoms. The Labute approximate surface area is 101 Å². The monoisotopic (exact) mass is 230 g/mol. The van der Waals surface area contributed by atoms with E-state index < -0.39 is 0 Å². The summed E-state index contributed by atoms with van der Waals surface area (Å²) >= 11 is 0. The van der Waals surface area contributed by atoms with Crippen molar-refractivity contribution in [1.29, 1.82) is 0 Å². The van der Waals surface area contributed by atoms with Crippen LogP contribution in [0.5, 0.6) is 5.75 Å². The van der Waals surface area contributed by atoms with Crippen molar-refractivity contribution in [3.63, 3.8) is 0 Å². The number of H-pyrrole nitrogens is 1. The van der Waals surface area contributed by atoms with Crippen LogP contribution in [0.2, 0.25) is 0 Å². The molecular formula is C14H18N2O. The summed E-state index contributed by atoms with van der Waals surface area (Å²) in [4.78, 5) is 3.25. The first kappa shape index (κ1) is 10.7. The molecule has 0 unspecified atom stereocenters. The molecule has 0 saturated carbocycles. The van der Waals surface area contributed by atoms with Crippen molar-refractivity contribution >= 4 is 10.9 Å². The van der Waals surface area contributed by atoms with Gasteiger partial charge in [-0.1, -0.05) is 12.1 Å². The standard InChI is InChI=1S/C14H18N2O/c1-14(6-8-15-9-7-14)17-13-10-16-12-5-3-2-4-11(12)13/h2-5,10,15-16H,6-9H2,1H3. The summed E-state index contributed by atoms with van der Waals surface area (Å²) in [6.45, 7) is 4.29. The summed E-state index contributed by atoms with van der Waals surface area (Å²) in [5, 5.41) is 4.54. The third kappa shape index (κ3) is 2.03. The number of hydrogen-bond donors (Lipinski definition) is 2. The van der Waals surface area contributed by atoms with Crippen LogP contribution in [0.25, 0.3) is 10.9 Å². The highest BCUT2D eigenvalue weighted by Gasteiger charge is 2.29. The molecule has 3 nitrogen and oxygen atoms in total. The molecule has 1 aromatic heterocycles. The van der Waals surface area contributed by atoms with Crippen LogP contribution in [0.4, 0.5) is 0 Å². The first-order valence-corrected chi connectivity index (χ1v) is 6.23. The van der Waals surface area contributed by atoms with Gasteiger partial charge in [0.2, 0.25) is 0 Å². The van der Waals surface area contributed by atoms with E-state index in [2.05, 4.69) is 29.4 Å². The largest absolute Gasteiger partial charge is 0.485 e. The first-order chi connectivity index (χ1) is 8.27. The minimum absolute atomic E-state index is 0.0315. The predicted molar refractivity (Wildman–Crippen MR) is 69.4 cm³/mol. The number of fused-ring (bicyclic) bond motifs is 1. The number of piperidine rings is 1. The Morgan fingerprint density at radius 1 is 1.18 bits per heavy atom. The summed E-state index contributed by atoms with van der Waals surface area (Å²) in [6, 6.07) is 8.27. The first-order valence-electron chi connectivity index (χ1n) is 6.23. The molecule has 3 heteroatoms. The number of hydrogen-bond acceptors (Lipinski definition) is 2. The second-order valence-corrected chi connectivity index (χ2v) is 5.00. The van der Waals surface area contributed by atoms with Crippen LogP contribution in [0, 0.1) is 0 Å². The molecule has 1 aliphatic rings. The van der Waals surface area contributed by atoms with E-state index in [9.17, 15) is 0 Å². The highest BCUT2D eigenvalue weighted by atomic mass is 16.5. The molecule has 0 spiro atoms. The number of aromatic nitrogens is 1. The summed E-state index contributed by atoms with van der Waals surface area (Å²) < 4.78 is 6.22. The fraction of sp³-hybridized carbons (Fsp3) is 0.429. The molecule has 1 fully saturated rings. The van der Waals surface area contributed by atoms with Crippen molar-refractivity contribution in [2.45, 2.75) is 25.4 Å². The maximum atomic E-state index is 6.22. The second kappa shape index (κ2) is 4.08. The van der Waals surface area contributed by atoms with Gasteiger partial charge in [-0.15, -0.1) is 0 Å². The third-order valence-corrected chi connectivity index (χ3v) is 3.57. The molecule has 0 amide bonds. The van der Waals surface area contributed by atoms with E-state index in [4.69, 9.17) is 4.74 Å². The minimum Gasteiger partial charge on any atom is -0.485 e. The van der Waals surface area contributed by atoms with Gasteiger partial charge < -0.3 is 15.0 Å². The summed E-state index contributed by atoms with van der Waals surface area (Å²) in [6.07, 6.45) is 4.09. The summed E-state index contributed by atoms with van der Waals surface area (Å²) in [5.41, 5.74) is 1.11. The van der Waals surface area contributed by atoms with Gasteiger partial charge in [0.1, 0.15) is 11.4 Å². The van der Waals surface area contributed by atoms with Gasteiger partial charge in [-0.25, -0.2) is 0 Å². The van der Waals surface area contributed by atoms with E-state index in [1.54, 1.807) is 0 Å². The molecular weight excluding hydrogens is 212 g/mol. The van der Waals surface area contributed by atoms with Gasteiger partial charge in [0.05, 0.1) is 0 Å². The topological polar surface area (TPSA) is 37.0 Å². The van der Waals surface area contributed by atoms with Gasteiger partial charge in [0, 0.05) is 17.1 Å². The normalized spacial score (nSPS) is 19.4. The molecule has 0 atom stereocenters. The van der Waals surface area contributed by atoms with E-state index in [1.165, 1.54) is 5.39 Å². The molecule has 90 valence electrons. The van der Waals surface area contributed by atoms with Gasteiger partial charge in [-0.05, 0) is 45.0 Å². The Morgan fingerprint density at radius 2 is 1.94 bits per heavy atom. The SMILES string of the molecule is CC1(Oc2c[nH]c3ccccc23)CCNCC1. The average molecular weight is 230 g/mol. The zero-order valence-corrected chi connectivity index (χ0v) is 10.1. The average Bonchev–Trinajstić information content (AvgIpc) is 2.73. The van der Waals surface area contributed by atoms with Crippen molar-refractivity contribution < 1.29 is 4.74 Å². The molecule has 2 heterocycles. The van der Waals surface area contributed by atoms with Crippen molar-refractivity contribution in [2.75, 3.05) is 13.1 Å². The van der Waals surface area contributed by atoms with Crippen LogP contribution in [-0.4, -0.2) is 23.7 Å². The maximum Gasteiger partial charge on any atom is 0.145 e. The van der Waals surface area contributed by atoms with E-state index in [1.807, 2.05) is 18.3 Å². The van der Waals surface area contributed by atoms with Crippen LogP contribution in [0.3, 0.4) is 0 Å². The highest BCUT2D eigenvalue weighted by Crippen LogP contribution is 2.31. The van der Waals surface area contributed by atoms with Crippen LogP contribution >= 0.6 is 0 Å². The number of rotatable bonds is 2. The number of aromatic amines is 1. The number of benzene rings is 1. The van der Waals surface area contributed by atoms with Gasteiger partial charge >= 0.3 is 0 Å². The molecule has 0 radical (unpaired) electrons. The zero-order chi connectivity index (χ0) is 11.7. The van der Waals surface area contributed by atoms with E-state index >= 15 is 0 Å². The smallest absolute Gasteiger partial charge is 0.145 e. The summed E-state index contributed by atoms with van der Waals surface area (Å²) in [5.74, 6) is 0.977. The lowest BCUT2D eigenvalue weighted by Gasteiger charge is -2.34. The van der Waals surface area contributed by atoms with Crippen molar-refractivity contribution in [1.82, 2.24) is 10.3 Å². The lowest BCUT2D eigenvalue weighted by molar-refractivity contribution is 0.0572. The third-order valence-electron chi connectivity index (χ3n) is 3.57. The van der Waals surface area contributed by atoms with Gasteiger partial charge in [0.25, 0.3) is 0 Å². The fourth-order valence-corrected chi connectivity index (χ4v) is 2.45. The van der Waals surface area contributed by atoms with Crippen LogP contribution in [0.15, 0.2) is 30.5 Å². The Balaban J connectivity index is 1.89. The van der Waals surface area contributed by atoms with E-state index in [-0.39, 0.29) is 5.60 Å². The molecule has 0 aliphatic carbocycles. The minimum atomic E-state index is -0.0315. The lowest BCUT2D eigenvalue weighted by atomic mass is 9.94. The van der Waals surface area contributed by atoms with Gasteiger partial charge in [-0.3, -0.25) is 0 Å². The molecule has 17 heavy (non-hydrogen) atoms. The predicted octanol–water partition coefficient (Wildman–Crippen LogP) is 2.69. The molecule has 1 aliphatic heterocycles.